The van der Waals surface area contributed by atoms with Gasteiger partial charge in [0.1, 0.15) is 18.5 Å². The summed E-state index contributed by atoms with van der Waals surface area (Å²) in [6.45, 7) is 0.694. The van der Waals surface area contributed by atoms with E-state index in [2.05, 4.69) is 5.32 Å². The number of aliphatic hydroxyl groups is 1. The van der Waals surface area contributed by atoms with Crippen LogP contribution in [0.4, 0.5) is 0 Å². The molecule has 1 rings (SSSR count). The first-order valence-corrected chi connectivity index (χ1v) is 5.95. The third-order valence-corrected chi connectivity index (χ3v) is 2.48. The fraction of sp³-hybridized carbons (Fsp3) is 0.417. The Hall–Kier alpha value is -1.30. The van der Waals surface area contributed by atoms with Crippen LogP contribution in [0, 0.1) is 0 Å². The second kappa shape index (κ2) is 7.92. The molecule has 5 nitrogen and oxygen atoms in total. The van der Waals surface area contributed by atoms with Gasteiger partial charge in [0.2, 0.25) is 0 Å². The number of aliphatic carboxylic acids is 1. The molecule has 0 aromatic heterocycles. The van der Waals surface area contributed by atoms with Crippen molar-refractivity contribution in [2.45, 2.75) is 12.5 Å². The molecule has 1 unspecified atom stereocenters. The number of carboxylic acids is 1. The number of hydrogen-bond donors (Lipinski definition) is 3. The van der Waals surface area contributed by atoms with Crippen molar-refractivity contribution < 1.29 is 19.7 Å². The minimum atomic E-state index is -0.871. The number of rotatable bonds is 8. The van der Waals surface area contributed by atoms with Crippen LogP contribution < -0.4 is 10.1 Å². The summed E-state index contributed by atoms with van der Waals surface area (Å²) in [6, 6.07) is 7.00. The van der Waals surface area contributed by atoms with Crippen LogP contribution >= 0.6 is 11.6 Å². The average Bonchev–Trinajstić information content (AvgIpc) is 2.33. The molecule has 0 aliphatic heterocycles. The molecule has 3 N–H and O–H groups in total. The first kappa shape index (κ1) is 14.8. The van der Waals surface area contributed by atoms with Gasteiger partial charge in [0.15, 0.2) is 0 Å². The van der Waals surface area contributed by atoms with Gasteiger partial charge in [-0.25, -0.2) is 0 Å². The van der Waals surface area contributed by atoms with E-state index in [9.17, 15) is 9.90 Å². The maximum atomic E-state index is 10.3. The summed E-state index contributed by atoms with van der Waals surface area (Å²) in [4.78, 5) is 10.3. The summed E-state index contributed by atoms with van der Waals surface area (Å²) >= 11 is 5.88. The van der Waals surface area contributed by atoms with Crippen molar-refractivity contribution in [3.63, 3.8) is 0 Å². The van der Waals surface area contributed by atoms with Crippen LogP contribution in [0.3, 0.4) is 0 Å². The summed E-state index contributed by atoms with van der Waals surface area (Å²) in [6.07, 6.45) is -0.687. The van der Waals surface area contributed by atoms with Crippen molar-refractivity contribution in [1.82, 2.24) is 5.32 Å². The second-order valence-electron chi connectivity index (χ2n) is 3.74. The van der Waals surface area contributed by atoms with E-state index in [0.29, 0.717) is 17.3 Å². The summed E-state index contributed by atoms with van der Waals surface area (Å²) in [7, 11) is 0. The van der Waals surface area contributed by atoms with Crippen molar-refractivity contribution in [3.05, 3.63) is 29.3 Å². The maximum Gasteiger partial charge on any atom is 0.304 e. The highest BCUT2D eigenvalue weighted by Gasteiger charge is 2.07. The largest absolute Gasteiger partial charge is 0.489 e. The van der Waals surface area contributed by atoms with E-state index in [4.69, 9.17) is 21.4 Å². The quantitative estimate of drug-likeness (QED) is 0.619. The van der Waals surface area contributed by atoms with E-state index < -0.39 is 12.1 Å². The number of para-hydroxylation sites is 1. The molecule has 6 heteroatoms. The van der Waals surface area contributed by atoms with E-state index in [0.717, 1.165) is 0 Å². The van der Waals surface area contributed by atoms with Gasteiger partial charge in [-0.3, -0.25) is 4.79 Å². The van der Waals surface area contributed by atoms with E-state index in [-0.39, 0.29) is 19.6 Å². The first-order valence-electron chi connectivity index (χ1n) is 5.57. The number of halogens is 1. The monoisotopic (exact) mass is 273 g/mol. The maximum absolute atomic E-state index is 10.3. The molecule has 1 aromatic rings. The molecule has 0 saturated carbocycles. The zero-order valence-electron chi connectivity index (χ0n) is 9.80. The zero-order valence-corrected chi connectivity index (χ0v) is 10.6. The lowest BCUT2D eigenvalue weighted by molar-refractivity contribution is -0.136. The molecule has 0 aliphatic rings. The number of ether oxygens (including phenoxy) is 1. The summed E-state index contributed by atoms with van der Waals surface area (Å²) in [5, 5.41) is 21.3. The molecule has 0 fully saturated rings. The molecule has 0 amide bonds. The van der Waals surface area contributed by atoms with Crippen molar-refractivity contribution in [2.75, 3.05) is 19.7 Å². The third-order valence-electron chi connectivity index (χ3n) is 2.16. The lowest BCUT2D eigenvalue weighted by Crippen LogP contribution is -2.32. The Morgan fingerprint density at radius 1 is 1.44 bits per heavy atom. The summed E-state index contributed by atoms with van der Waals surface area (Å²) < 4.78 is 5.34. The second-order valence-corrected chi connectivity index (χ2v) is 4.15. The Balaban J connectivity index is 2.19. The molecule has 0 aliphatic carbocycles. The molecule has 18 heavy (non-hydrogen) atoms. The highest BCUT2D eigenvalue weighted by Crippen LogP contribution is 2.22. The first-order chi connectivity index (χ1) is 8.59. The van der Waals surface area contributed by atoms with Crippen molar-refractivity contribution in [3.8, 4) is 5.75 Å². The Morgan fingerprint density at radius 2 is 2.17 bits per heavy atom. The number of benzene rings is 1. The van der Waals surface area contributed by atoms with Crippen LogP contribution in [-0.2, 0) is 4.79 Å². The minimum absolute atomic E-state index is 0.0259. The molecule has 1 aromatic carbocycles. The molecule has 0 spiro atoms. The molecule has 0 radical (unpaired) electrons. The van der Waals surface area contributed by atoms with Gasteiger partial charge in [-0.2, -0.15) is 0 Å². The predicted molar refractivity (Wildman–Crippen MR) is 68.1 cm³/mol. The van der Waals surface area contributed by atoms with Crippen LogP contribution in [0.5, 0.6) is 5.75 Å². The van der Waals surface area contributed by atoms with E-state index in [1.165, 1.54) is 0 Å². The van der Waals surface area contributed by atoms with E-state index in [1.807, 2.05) is 0 Å². The van der Waals surface area contributed by atoms with Gasteiger partial charge in [0, 0.05) is 13.1 Å². The lowest BCUT2D eigenvalue weighted by Gasteiger charge is -2.13. The smallest absolute Gasteiger partial charge is 0.304 e. The van der Waals surface area contributed by atoms with Gasteiger partial charge >= 0.3 is 5.97 Å². The lowest BCUT2D eigenvalue weighted by atomic mass is 10.3. The summed E-state index contributed by atoms with van der Waals surface area (Å²) in [5.41, 5.74) is 0. The molecular formula is C12H16ClNO4. The van der Waals surface area contributed by atoms with Gasteiger partial charge < -0.3 is 20.3 Å². The van der Waals surface area contributed by atoms with Crippen LogP contribution in [0.25, 0.3) is 0 Å². The Bertz CT molecular complexity index is 386. The minimum Gasteiger partial charge on any atom is -0.489 e. The van der Waals surface area contributed by atoms with Gasteiger partial charge in [-0.05, 0) is 12.1 Å². The van der Waals surface area contributed by atoms with Crippen molar-refractivity contribution >= 4 is 17.6 Å². The number of carboxylic acid groups (broad SMARTS) is 1. The van der Waals surface area contributed by atoms with E-state index >= 15 is 0 Å². The number of nitrogens with one attached hydrogen (secondary N) is 1. The summed E-state index contributed by atoms with van der Waals surface area (Å²) in [5.74, 6) is -0.354. The average molecular weight is 274 g/mol. The molecule has 100 valence electrons. The normalized spacial score (nSPS) is 12.1. The van der Waals surface area contributed by atoms with E-state index in [1.54, 1.807) is 24.3 Å². The SMILES string of the molecule is O=C(O)CCNCC(O)COc1ccccc1Cl. The predicted octanol–water partition coefficient (Wildman–Crippen LogP) is 1.14. The van der Waals surface area contributed by atoms with Crippen molar-refractivity contribution in [2.24, 2.45) is 0 Å². The van der Waals surface area contributed by atoms with Gasteiger partial charge in [0.25, 0.3) is 0 Å². The van der Waals surface area contributed by atoms with Crippen LogP contribution in [-0.4, -0.2) is 42.0 Å². The van der Waals surface area contributed by atoms with Gasteiger partial charge in [-0.15, -0.1) is 0 Å². The number of hydrogen-bond acceptors (Lipinski definition) is 4. The molecule has 0 saturated heterocycles. The highest BCUT2D eigenvalue weighted by molar-refractivity contribution is 6.32. The van der Waals surface area contributed by atoms with Crippen LogP contribution in [0.15, 0.2) is 24.3 Å². The molecule has 0 bridgehead atoms. The fourth-order valence-corrected chi connectivity index (χ4v) is 1.46. The Labute approximate surface area is 110 Å². The van der Waals surface area contributed by atoms with Gasteiger partial charge in [0.05, 0.1) is 11.4 Å². The van der Waals surface area contributed by atoms with Crippen LogP contribution in [0.1, 0.15) is 6.42 Å². The number of aliphatic hydroxyl groups excluding tert-OH is 1. The number of carbonyl (C=O) groups is 1. The van der Waals surface area contributed by atoms with Gasteiger partial charge in [-0.1, -0.05) is 23.7 Å². The molecular weight excluding hydrogens is 258 g/mol. The van der Waals surface area contributed by atoms with Crippen LogP contribution in [0.2, 0.25) is 5.02 Å². The fourth-order valence-electron chi connectivity index (χ4n) is 1.27. The molecule has 0 heterocycles. The Morgan fingerprint density at radius 3 is 2.83 bits per heavy atom. The zero-order chi connectivity index (χ0) is 13.4. The third kappa shape index (κ3) is 5.86. The van der Waals surface area contributed by atoms with Crippen molar-refractivity contribution in [1.29, 1.82) is 0 Å². The Kier molecular flexibility index (Phi) is 6.49. The topological polar surface area (TPSA) is 78.8 Å². The molecule has 1 atom stereocenters. The highest BCUT2D eigenvalue weighted by atomic mass is 35.5. The standard InChI is InChI=1S/C12H16ClNO4/c13-10-3-1-2-4-11(10)18-8-9(15)7-14-6-5-12(16)17/h1-4,9,14-15H,5-8H2,(H,16,17).